The van der Waals surface area contributed by atoms with Gasteiger partial charge >= 0.3 is 12.0 Å². The van der Waals surface area contributed by atoms with Gasteiger partial charge in [-0.25, -0.2) is 0 Å². The molecule has 18 heavy (non-hydrogen) atoms. The third-order valence-corrected chi connectivity index (χ3v) is 2.23. The quantitative estimate of drug-likeness (QED) is 0.839. The van der Waals surface area contributed by atoms with E-state index in [4.69, 9.17) is 0 Å². The Morgan fingerprint density at radius 2 is 1.78 bits per heavy atom. The molecule has 98 valence electrons. The van der Waals surface area contributed by atoms with Crippen molar-refractivity contribution in [2.45, 2.75) is 25.6 Å². The van der Waals surface area contributed by atoms with Crippen LogP contribution in [0.4, 0.5) is 13.2 Å². The van der Waals surface area contributed by atoms with Crippen LogP contribution < -0.4 is 5.32 Å². The highest BCUT2D eigenvalue weighted by molar-refractivity contribution is 6.38. The molecule has 3 nitrogen and oxygen atoms in total. The Labute approximate surface area is 102 Å². The molecular formula is C12H12F3NO2. The van der Waals surface area contributed by atoms with Gasteiger partial charge in [-0.15, -0.1) is 0 Å². The van der Waals surface area contributed by atoms with E-state index in [-0.39, 0.29) is 0 Å². The number of carbonyl (C=O) groups excluding carboxylic acids is 2. The summed E-state index contributed by atoms with van der Waals surface area (Å²) in [6.07, 6.45) is -4.77. The zero-order chi connectivity index (χ0) is 13.8. The summed E-state index contributed by atoms with van der Waals surface area (Å²) < 4.78 is 35.9. The van der Waals surface area contributed by atoms with Crippen molar-refractivity contribution in [1.82, 2.24) is 5.32 Å². The monoisotopic (exact) mass is 259 g/mol. The third-order valence-electron chi connectivity index (χ3n) is 2.23. The van der Waals surface area contributed by atoms with Crippen molar-refractivity contribution in [2.24, 2.45) is 0 Å². The van der Waals surface area contributed by atoms with E-state index in [0.717, 1.165) is 5.56 Å². The molecule has 1 aromatic carbocycles. The van der Waals surface area contributed by atoms with E-state index in [2.05, 4.69) is 0 Å². The van der Waals surface area contributed by atoms with Gasteiger partial charge in [-0.3, -0.25) is 9.59 Å². The van der Waals surface area contributed by atoms with Crippen LogP contribution in [-0.4, -0.2) is 23.9 Å². The maximum absolute atomic E-state index is 12.0. The molecule has 0 bridgehead atoms. The molecule has 1 aromatic rings. The summed E-state index contributed by atoms with van der Waals surface area (Å²) in [5.74, 6) is -3.99. The molecular weight excluding hydrogens is 247 g/mol. The summed E-state index contributed by atoms with van der Waals surface area (Å²) in [5, 5.41) is 2.03. The van der Waals surface area contributed by atoms with Crippen LogP contribution in [0.1, 0.15) is 12.5 Å². The number of nitrogens with one attached hydrogen (secondary N) is 1. The molecule has 0 saturated carbocycles. The average molecular weight is 259 g/mol. The molecule has 0 aliphatic carbocycles. The lowest BCUT2D eigenvalue weighted by Gasteiger charge is -2.14. The highest BCUT2D eigenvalue weighted by atomic mass is 19.4. The highest BCUT2D eigenvalue weighted by Gasteiger charge is 2.43. The Hall–Kier alpha value is -1.85. The molecule has 1 unspecified atom stereocenters. The first kappa shape index (κ1) is 14.2. The molecule has 0 heterocycles. The van der Waals surface area contributed by atoms with Gasteiger partial charge in [-0.2, -0.15) is 13.2 Å². The number of alkyl halides is 3. The summed E-state index contributed by atoms with van der Waals surface area (Å²) >= 11 is 0. The number of rotatable bonds is 4. The molecule has 1 amide bonds. The van der Waals surface area contributed by atoms with Crippen molar-refractivity contribution in [3.8, 4) is 0 Å². The van der Waals surface area contributed by atoms with E-state index in [1.54, 1.807) is 30.3 Å². The molecule has 1 atom stereocenters. The van der Waals surface area contributed by atoms with E-state index >= 15 is 0 Å². The van der Waals surface area contributed by atoms with E-state index in [0.29, 0.717) is 6.42 Å². The minimum Gasteiger partial charge on any atom is -0.346 e. The zero-order valence-electron chi connectivity index (χ0n) is 9.62. The predicted molar refractivity (Wildman–Crippen MR) is 58.8 cm³/mol. The number of halogens is 3. The van der Waals surface area contributed by atoms with Crippen LogP contribution in [0.5, 0.6) is 0 Å². The summed E-state index contributed by atoms with van der Waals surface area (Å²) in [5.41, 5.74) is 0.866. The molecule has 0 saturated heterocycles. The number of benzene rings is 1. The summed E-state index contributed by atoms with van der Waals surface area (Å²) in [6, 6.07) is 8.39. The fourth-order valence-electron chi connectivity index (χ4n) is 1.44. The lowest BCUT2D eigenvalue weighted by Crippen LogP contribution is -2.44. The Morgan fingerprint density at radius 3 is 2.28 bits per heavy atom. The molecule has 0 spiro atoms. The second-order valence-electron chi connectivity index (χ2n) is 3.89. The van der Waals surface area contributed by atoms with Crippen LogP contribution in [0.3, 0.4) is 0 Å². The summed E-state index contributed by atoms with van der Waals surface area (Å²) in [4.78, 5) is 21.6. The Morgan fingerprint density at radius 1 is 1.22 bits per heavy atom. The minimum absolute atomic E-state index is 0.359. The van der Waals surface area contributed by atoms with Gasteiger partial charge in [-0.05, 0) is 18.9 Å². The minimum atomic E-state index is -5.13. The van der Waals surface area contributed by atoms with E-state index in [1.165, 1.54) is 6.92 Å². The molecule has 1 N–H and O–H groups in total. The Bertz CT molecular complexity index is 429. The van der Waals surface area contributed by atoms with Gasteiger partial charge in [-0.1, -0.05) is 30.3 Å². The second-order valence-corrected chi connectivity index (χ2v) is 3.89. The van der Waals surface area contributed by atoms with Crippen molar-refractivity contribution in [3.05, 3.63) is 35.9 Å². The van der Waals surface area contributed by atoms with Crippen LogP contribution in [0, 0.1) is 0 Å². The molecule has 6 heteroatoms. The first-order valence-corrected chi connectivity index (χ1v) is 5.26. The molecule has 0 aliphatic rings. The van der Waals surface area contributed by atoms with E-state index in [1.807, 2.05) is 5.32 Å². The van der Waals surface area contributed by atoms with Crippen molar-refractivity contribution < 1.29 is 22.8 Å². The maximum Gasteiger partial charge on any atom is 0.460 e. The van der Waals surface area contributed by atoms with E-state index in [9.17, 15) is 22.8 Å². The van der Waals surface area contributed by atoms with Gasteiger partial charge in [0.25, 0.3) is 5.91 Å². The number of carbonyl (C=O) groups is 2. The number of ketones is 1. The van der Waals surface area contributed by atoms with Crippen LogP contribution in [0.15, 0.2) is 30.3 Å². The fourth-order valence-corrected chi connectivity index (χ4v) is 1.44. The third kappa shape index (κ3) is 4.20. The molecule has 1 rings (SSSR count). The Balaban J connectivity index is 2.53. The van der Waals surface area contributed by atoms with Gasteiger partial charge < -0.3 is 5.32 Å². The largest absolute Gasteiger partial charge is 0.460 e. The standard InChI is InChI=1S/C12H12F3NO2/c1-8(7-9-5-3-2-4-6-9)16-11(18)10(17)12(13,14)15/h2-6,8H,7H2,1H3,(H,16,18). The van der Waals surface area contributed by atoms with Crippen molar-refractivity contribution in [1.29, 1.82) is 0 Å². The smallest absolute Gasteiger partial charge is 0.346 e. The van der Waals surface area contributed by atoms with Crippen LogP contribution >= 0.6 is 0 Å². The normalized spacial score (nSPS) is 12.9. The van der Waals surface area contributed by atoms with Crippen LogP contribution in [0.25, 0.3) is 0 Å². The summed E-state index contributed by atoms with van der Waals surface area (Å²) in [6.45, 7) is 1.54. The van der Waals surface area contributed by atoms with Crippen molar-refractivity contribution >= 4 is 11.7 Å². The second kappa shape index (κ2) is 5.66. The van der Waals surface area contributed by atoms with Crippen molar-refractivity contribution in [2.75, 3.05) is 0 Å². The highest BCUT2D eigenvalue weighted by Crippen LogP contribution is 2.15. The average Bonchev–Trinajstić information content (AvgIpc) is 2.27. The van der Waals surface area contributed by atoms with Gasteiger partial charge in [0.2, 0.25) is 0 Å². The lowest BCUT2D eigenvalue weighted by atomic mass is 10.1. The molecule has 0 aliphatic heterocycles. The van der Waals surface area contributed by atoms with Crippen LogP contribution in [0.2, 0.25) is 0 Å². The number of hydrogen-bond donors (Lipinski definition) is 1. The van der Waals surface area contributed by atoms with Gasteiger partial charge in [0.05, 0.1) is 0 Å². The van der Waals surface area contributed by atoms with Gasteiger partial charge in [0, 0.05) is 6.04 Å². The molecule has 0 aromatic heterocycles. The topological polar surface area (TPSA) is 46.2 Å². The first-order valence-electron chi connectivity index (χ1n) is 5.26. The number of Topliss-reactive ketones (excluding diaryl/α,β-unsaturated/α-hetero) is 1. The van der Waals surface area contributed by atoms with E-state index < -0.39 is 23.9 Å². The summed E-state index contributed by atoms with van der Waals surface area (Å²) in [7, 11) is 0. The number of amides is 1. The van der Waals surface area contributed by atoms with Gasteiger partial charge in [0.1, 0.15) is 0 Å². The SMILES string of the molecule is CC(Cc1ccccc1)NC(=O)C(=O)C(F)(F)F. The van der Waals surface area contributed by atoms with Gasteiger partial charge in [0.15, 0.2) is 0 Å². The lowest BCUT2D eigenvalue weighted by molar-refractivity contribution is -0.175. The van der Waals surface area contributed by atoms with Crippen LogP contribution in [-0.2, 0) is 16.0 Å². The maximum atomic E-state index is 12.0. The Kier molecular flexibility index (Phi) is 4.47. The predicted octanol–water partition coefficient (Wildman–Crippen LogP) is 1.87. The van der Waals surface area contributed by atoms with Crippen molar-refractivity contribution in [3.63, 3.8) is 0 Å². The zero-order valence-corrected chi connectivity index (χ0v) is 9.62. The number of hydrogen-bond acceptors (Lipinski definition) is 2. The fraction of sp³-hybridized carbons (Fsp3) is 0.333. The first-order chi connectivity index (χ1) is 8.30. The molecule has 0 radical (unpaired) electrons. The molecule has 0 fully saturated rings.